The number of aromatic nitrogens is 3. The molecule has 5 rings (SSSR count). The van der Waals surface area contributed by atoms with Gasteiger partial charge in [0.25, 0.3) is 5.89 Å². The maximum Gasteiger partial charge on any atom is 0.259 e. The third kappa shape index (κ3) is 2.31. The Hall–Kier alpha value is -2.79. The number of hydrogen-bond donors (Lipinski definition) is 1. The number of benzene rings is 2. The summed E-state index contributed by atoms with van der Waals surface area (Å²) in [6.45, 7) is 0. The molecule has 0 amide bonds. The van der Waals surface area contributed by atoms with Crippen molar-refractivity contribution >= 4 is 22.5 Å². The maximum atomic E-state index is 6.37. The number of nitrogens with one attached hydrogen (secondary N) is 1. The molecule has 4 aromatic rings. The number of H-pyrrole nitrogens is 1. The summed E-state index contributed by atoms with van der Waals surface area (Å²) in [5, 5.41) is 5.82. The summed E-state index contributed by atoms with van der Waals surface area (Å²) >= 11 is 6.37. The van der Waals surface area contributed by atoms with Crippen molar-refractivity contribution in [3.05, 3.63) is 59.1 Å². The van der Waals surface area contributed by atoms with Crippen molar-refractivity contribution in [3.8, 4) is 28.6 Å². The first-order valence-corrected chi connectivity index (χ1v) is 8.77. The summed E-state index contributed by atoms with van der Waals surface area (Å²) in [6.07, 6.45) is 4.39. The highest BCUT2D eigenvalue weighted by Gasteiger charge is 2.19. The Morgan fingerprint density at radius 1 is 1.23 bits per heavy atom. The number of rotatable bonds is 3. The maximum absolute atomic E-state index is 6.37. The molecule has 0 saturated carbocycles. The monoisotopic (exact) mass is 364 g/mol. The van der Waals surface area contributed by atoms with Crippen LogP contribution in [0.2, 0.25) is 5.02 Å². The van der Waals surface area contributed by atoms with E-state index in [4.69, 9.17) is 20.9 Å². The summed E-state index contributed by atoms with van der Waals surface area (Å²) in [4.78, 5) is 7.99. The van der Waals surface area contributed by atoms with Crippen molar-refractivity contribution in [3.63, 3.8) is 0 Å². The molecule has 0 bridgehead atoms. The van der Waals surface area contributed by atoms with Crippen molar-refractivity contribution in [2.24, 2.45) is 0 Å². The minimum absolute atomic E-state index is 0.372. The lowest BCUT2D eigenvalue weighted by Crippen LogP contribution is -1.87. The lowest BCUT2D eigenvalue weighted by atomic mass is 10.1. The minimum atomic E-state index is 0.372. The number of ether oxygens (including phenoxy) is 1. The van der Waals surface area contributed by atoms with Crippen LogP contribution in [0, 0.1) is 6.42 Å². The fourth-order valence-corrected chi connectivity index (χ4v) is 3.78. The first-order valence-electron chi connectivity index (χ1n) is 8.39. The molecule has 5 nitrogen and oxygen atoms in total. The van der Waals surface area contributed by atoms with Crippen molar-refractivity contribution in [2.75, 3.05) is 7.11 Å². The van der Waals surface area contributed by atoms with E-state index in [0.717, 1.165) is 23.9 Å². The molecule has 2 aromatic heterocycles. The third-order valence-electron chi connectivity index (χ3n) is 4.78. The van der Waals surface area contributed by atoms with E-state index < -0.39 is 0 Å². The molecular weight excluding hydrogens is 350 g/mol. The summed E-state index contributed by atoms with van der Waals surface area (Å²) in [5.74, 6) is 1.49. The molecule has 2 heterocycles. The molecule has 1 N–H and O–H groups in total. The van der Waals surface area contributed by atoms with Crippen molar-refractivity contribution in [1.82, 2.24) is 15.1 Å². The molecule has 0 fully saturated rings. The molecule has 26 heavy (non-hydrogen) atoms. The molecule has 0 aliphatic heterocycles. The molecule has 6 heteroatoms. The second kappa shape index (κ2) is 5.88. The summed E-state index contributed by atoms with van der Waals surface area (Å²) in [5.41, 5.74) is 5.30. The van der Waals surface area contributed by atoms with E-state index in [-0.39, 0.29) is 0 Å². The smallest absolute Gasteiger partial charge is 0.259 e. The molecule has 0 saturated heterocycles. The molecule has 0 atom stereocenters. The van der Waals surface area contributed by atoms with Gasteiger partial charge in [0.05, 0.1) is 17.7 Å². The summed E-state index contributed by atoms with van der Waals surface area (Å²) < 4.78 is 10.7. The third-order valence-corrected chi connectivity index (χ3v) is 5.17. The van der Waals surface area contributed by atoms with Gasteiger partial charge in [0.15, 0.2) is 0 Å². The Morgan fingerprint density at radius 2 is 2.15 bits per heavy atom. The number of nitrogens with zero attached hydrogens (tertiary/aromatic N) is 2. The molecule has 129 valence electrons. The average molecular weight is 365 g/mol. The highest BCUT2D eigenvalue weighted by molar-refractivity contribution is 6.34. The Morgan fingerprint density at radius 3 is 3.04 bits per heavy atom. The Kier molecular flexibility index (Phi) is 3.50. The predicted octanol–water partition coefficient (Wildman–Crippen LogP) is 5.05. The fraction of sp³-hybridized carbons (Fsp3) is 0.150. The van der Waals surface area contributed by atoms with Gasteiger partial charge in [-0.1, -0.05) is 22.8 Å². The Bertz CT molecular complexity index is 1130. The highest BCUT2D eigenvalue weighted by Crippen LogP contribution is 2.36. The van der Waals surface area contributed by atoms with Gasteiger partial charge in [0, 0.05) is 28.6 Å². The van der Waals surface area contributed by atoms with Crippen LogP contribution in [-0.4, -0.2) is 22.2 Å². The molecule has 0 spiro atoms. The average Bonchev–Trinajstić information content (AvgIpc) is 3.37. The van der Waals surface area contributed by atoms with E-state index in [0.29, 0.717) is 28.1 Å². The van der Waals surface area contributed by atoms with Gasteiger partial charge in [-0.05, 0) is 48.7 Å². The van der Waals surface area contributed by atoms with E-state index in [1.54, 1.807) is 13.2 Å². The van der Waals surface area contributed by atoms with Crippen LogP contribution in [0.3, 0.4) is 0 Å². The first-order chi connectivity index (χ1) is 12.7. The van der Waals surface area contributed by atoms with Gasteiger partial charge in [0.1, 0.15) is 5.75 Å². The van der Waals surface area contributed by atoms with Gasteiger partial charge >= 0.3 is 0 Å². The standard InChI is InChI=1S/C20H15ClN3O2/c1-25-17-7-3-5-13(18(17)21)20-23-19(24-26-20)11-8-9-16-14(10-11)12-4-2-6-15(12)22-16/h3,5-10,22H,2,4H2,1H3. The fourth-order valence-electron chi connectivity index (χ4n) is 3.50. The van der Waals surface area contributed by atoms with Crippen molar-refractivity contribution < 1.29 is 9.26 Å². The number of halogens is 1. The van der Waals surface area contributed by atoms with Crippen LogP contribution in [-0.2, 0) is 6.42 Å². The van der Waals surface area contributed by atoms with E-state index >= 15 is 0 Å². The predicted molar refractivity (Wildman–Crippen MR) is 100 cm³/mol. The first kappa shape index (κ1) is 15.5. The second-order valence-corrected chi connectivity index (χ2v) is 6.64. The zero-order chi connectivity index (χ0) is 17.7. The van der Waals surface area contributed by atoms with Crippen LogP contribution in [0.1, 0.15) is 17.7 Å². The van der Waals surface area contributed by atoms with Crippen molar-refractivity contribution in [1.29, 1.82) is 0 Å². The number of fused-ring (bicyclic) bond motifs is 3. The van der Waals surface area contributed by atoms with Gasteiger partial charge in [-0.15, -0.1) is 0 Å². The summed E-state index contributed by atoms with van der Waals surface area (Å²) in [7, 11) is 1.58. The second-order valence-electron chi connectivity index (χ2n) is 6.27. The van der Waals surface area contributed by atoms with E-state index in [1.807, 2.05) is 18.2 Å². The zero-order valence-corrected chi connectivity index (χ0v) is 14.8. The van der Waals surface area contributed by atoms with E-state index in [2.05, 4.69) is 33.7 Å². The van der Waals surface area contributed by atoms with Crippen LogP contribution in [0.5, 0.6) is 5.75 Å². The quantitative estimate of drug-likeness (QED) is 0.552. The largest absolute Gasteiger partial charge is 0.495 e. The van der Waals surface area contributed by atoms with Gasteiger partial charge in [-0.3, -0.25) is 0 Å². The van der Waals surface area contributed by atoms with Gasteiger partial charge in [-0.25, -0.2) is 0 Å². The highest BCUT2D eigenvalue weighted by atomic mass is 35.5. The van der Waals surface area contributed by atoms with Crippen LogP contribution in [0.15, 0.2) is 40.9 Å². The number of hydrogen-bond acceptors (Lipinski definition) is 4. The normalized spacial score (nSPS) is 13.3. The van der Waals surface area contributed by atoms with Crippen LogP contribution >= 0.6 is 11.6 Å². The van der Waals surface area contributed by atoms with E-state index in [9.17, 15) is 0 Å². The van der Waals surface area contributed by atoms with Crippen molar-refractivity contribution in [2.45, 2.75) is 12.8 Å². The lowest BCUT2D eigenvalue weighted by Gasteiger charge is -2.04. The molecule has 1 aliphatic rings. The van der Waals surface area contributed by atoms with Gasteiger partial charge < -0.3 is 14.2 Å². The number of methoxy groups -OCH3 is 1. The Balaban J connectivity index is 1.57. The topological polar surface area (TPSA) is 63.9 Å². The lowest BCUT2D eigenvalue weighted by molar-refractivity contribution is 0.413. The number of aromatic amines is 1. The summed E-state index contributed by atoms with van der Waals surface area (Å²) in [6, 6.07) is 11.6. The van der Waals surface area contributed by atoms with Gasteiger partial charge in [-0.2, -0.15) is 4.98 Å². The SMILES string of the molecule is COc1cccc(-c2nc(-c3ccc4[nH]c5c(c4c3)CC[CH]5)no2)c1Cl. The van der Waals surface area contributed by atoms with Crippen LogP contribution in [0.25, 0.3) is 33.7 Å². The number of aryl methyl sites for hydroxylation is 1. The van der Waals surface area contributed by atoms with Crippen LogP contribution in [0.4, 0.5) is 0 Å². The van der Waals surface area contributed by atoms with Gasteiger partial charge in [0.2, 0.25) is 5.82 Å². The molecule has 1 aliphatic carbocycles. The molecule has 2 aromatic carbocycles. The minimum Gasteiger partial charge on any atom is -0.495 e. The molecule has 0 unspecified atom stereocenters. The van der Waals surface area contributed by atoms with Crippen LogP contribution < -0.4 is 4.74 Å². The molecular formula is C20H15ClN3O2. The Labute approximate surface area is 154 Å². The van der Waals surface area contributed by atoms with E-state index in [1.165, 1.54) is 16.6 Å². The zero-order valence-electron chi connectivity index (χ0n) is 14.0. The molecule has 1 radical (unpaired) electrons.